The van der Waals surface area contributed by atoms with Gasteiger partial charge in [0.2, 0.25) is 0 Å². The lowest BCUT2D eigenvalue weighted by Crippen LogP contribution is -2.58. The van der Waals surface area contributed by atoms with Gasteiger partial charge in [0.05, 0.1) is 6.26 Å². The van der Waals surface area contributed by atoms with E-state index in [1.165, 1.54) is 5.56 Å². The van der Waals surface area contributed by atoms with E-state index in [4.69, 9.17) is 4.42 Å². The van der Waals surface area contributed by atoms with Crippen LogP contribution in [0.15, 0.2) is 47.1 Å². The first-order valence-corrected chi connectivity index (χ1v) is 9.19. The van der Waals surface area contributed by atoms with Crippen molar-refractivity contribution in [1.82, 2.24) is 9.80 Å². The Kier molecular flexibility index (Phi) is 7.30. The number of carbonyl (C=O) groups is 1. The van der Waals surface area contributed by atoms with Gasteiger partial charge in [0.1, 0.15) is 0 Å². The summed E-state index contributed by atoms with van der Waals surface area (Å²) in [6, 6.07) is 13.0. The standard InChI is InChI=1S/C21H28N2O2.ClH/c1-16-11-13-25-20(16)21(24)23-15-17(2)22(14-18(23)3)12-7-10-19-8-5-4-6-9-19;/h4-6,8-9,11,13,17-18H,7,10,12,14-15H2,1-3H3;1H/t17-,18+;/m1./s1. The van der Waals surface area contributed by atoms with Crippen LogP contribution < -0.4 is 0 Å². The van der Waals surface area contributed by atoms with E-state index in [2.05, 4.69) is 49.1 Å². The smallest absolute Gasteiger partial charge is 0.290 e. The van der Waals surface area contributed by atoms with Crippen LogP contribution in [0.2, 0.25) is 0 Å². The number of amides is 1. The zero-order chi connectivity index (χ0) is 17.8. The summed E-state index contributed by atoms with van der Waals surface area (Å²) in [5, 5.41) is 0. The molecule has 1 amide bonds. The third-order valence-corrected chi connectivity index (χ3v) is 5.19. The molecule has 3 rings (SSSR count). The molecule has 0 bridgehead atoms. The number of furan rings is 1. The number of rotatable bonds is 5. The molecule has 5 heteroatoms. The van der Waals surface area contributed by atoms with Gasteiger partial charge in [0.25, 0.3) is 5.91 Å². The lowest BCUT2D eigenvalue weighted by Gasteiger charge is -2.44. The van der Waals surface area contributed by atoms with Crippen molar-refractivity contribution in [2.45, 2.75) is 45.7 Å². The minimum Gasteiger partial charge on any atom is -0.459 e. The Hall–Kier alpha value is -1.78. The second-order valence-electron chi connectivity index (χ2n) is 7.17. The molecule has 1 fully saturated rings. The molecule has 0 saturated carbocycles. The summed E-state index contributed by atoms with van der Waals surface area (Å²) < 4.78 is 5.40. The largest absolute Gasteiger partial charge is 0.459 e. The van der Waals surface area contributed by atoms with Crippen LogP contribution in [-0.2, 0) is 6.42 Å². The summed E-state index contributed by atoms with van der Waals surface area (Å²) in [5.74, 6) is 0.502. The van der Waals surface area contributed by atoms with Crippen LogP contribution in [-0.4, -0.2) is 47.4 Å². The minimum atomic E-state index is 0. The summed E-state index contributed by atoms with van der Waals surface area (Å²) in [7, 11) is 0. The molecule has 1 aliphatic heterocycles. The first kappa shape index (κ1) is 20.5. The predicted molar refractivity (Wildman–Crippen MR) is 107 cm³/mol. The SMILES string of the molecule is Cc1ccoc1C(=O)N1C[C@@H](C)N(CCCc2ccccc2)C[C@@H]1C.Cl. The lowest BCUT2D eigenvalue weighted by atomic mass is 10.1. The summed E-state index contributed by atoms with van der Waals surface area (Å²) >= 11 is 0. The molecule has 2 atom stereocenters. The molecule has 2 aromatic rings. The highest BCUT2D eigenvalue weighted by Crippen LogP contribution is 2.20. The van der Waals surface area contributed by atoms with E-state index in [0.29, 0.717) is 11.8 Å². The van der Waals surface area contributed by atoms with Gasteiger partial charge in [0, 0.05) is 30.7 Å². The number of nitrogens with zero attached hydrogens (tertiary/aromatic N) is 2. The maximum Gasteiger partial charge on any atom is 0.290 e. The van der Waals surface area contributed by atoms with E-state index < -0.39 is 0 Å². The molecule has 0 N–H and O–H groups in total. The van der Waals surface area contributed by atoms with Crippen LogP contribution in [0.4, 0.5) is 0 Å². The van der Waals surface area contributed by atoms with Crippen LogP contribution in [0.25, 0.3) is 0 Å². The zero-order valence-corrected chi connectivity index (χ0v) is 16.7. The van der Waals surface area contributed by atoms with Gasteiger partial charge >= 0.3 is 0 Å². The molecule has 1 saturated heterocycles. The van der Waals surface area contributed by atoms with Gasteiger partial charge in [-0.15, -0.1) is 12.4 Å². The lowest BCUT2D eigenvalue weighted by molar-refractivity contribution is 0.0290. The first-order chi connectivity index (χ1) is 12.1. The highest BCUT2D eigenvalue weighted by molar-refractivity contribution is 5.93. The molecule has 1 aromatic carbocycles. The molecule has 1 aromatic heterocycles. The number of benzene rings is 1. The van der Waals surface area contributed by atoms with Crippen molar-refractivity contribution in [3.05, 3.63) is 59.5 Å². The summed E-state index contributed by atoms with van der Waals surface area (Å²) in [6.07, 6.45) is 3.84. The minimum absolute atomic E-state index is 0. The van der Waals surface area contributed by atoms with Crippen molar-refractivity contribution in [2.75, 3.05) is 19.6 Å². The van der Waals surface area contributed by atoms with Crippen molar-refractivity contribution in [1.29, 1.82) is 0 Å². The van der Waals surface area contributed by atoms with E-state index >= 15 is 0 Å². The summed E-state index contributed by atoms with van der Waals surface area (Å²) in [4.78, 5) is 17.2. The number of piperazine rings is 1. The average Bonchev–Trinajstić information content (AvgIpc) is 3.04. The molecular formula is C21H29ClN2O2. The Morgan fingerprint density at radius 2 is 1.85 bits per heavy atom. The van der Waals surface area contributed by atoms with Crippen molar-refractivity contribution in [3.63, 3.8) is 0 Å². The van der Waals surface area contributed by atoms with Crippen LogP contribution in [0.3, 0.4) is 0 Å². The van der Waals surface area contributed by atoms with Gasteiger partial charge in [-0.25, -0.2) is 0 Å². The maximum atomic E-state index is 12.8. The monoisotopic (exact) mass is 376 g/mol. The predicted octanol–water partition coefficient (Wildman–Crippen LogP) is 4.18. The number of carbonyl (C=O) groups excluding carboxylic acids is 1. The maximum absolute atomic E-state index is 12.8. The van der Waals surface area contributed by atoms with Crippen molar-refractivity contribution >= 4 is 18.3 Å². The Morgan fingerprint density at radius 1 is 1.12 bits per heavy atom. The van der Waals surface area contributed by atoms with Crippen LogP contribution in [0.5, 0.6) is 0 Å². The van der Waals surface area contributed by atoms with Crippen LogP contribution >= 0.6 is 12.4 Å². The topological polar surface area (TPSA) is 36.7 Å². The van der Waals surface area contributed by atoms with Gasteiger partial charge in [-0.2, -0.15) is 0 Å². The van der Waals surface area contributed by atoms with Gasteiger partial charge in [-0.1, -0.05) is 30.3 Å². The van der Waals surface area contributed by atoms with E-state index in [1.54, 1.807) is 6.26 Å². The molecule has 26 heavy (non-hydrogen) atoms. The zero-order valence-electron chi connectivity index (χ0n) is 15.9. The fraction of sp³-hybridized carbons (Fsp3) is 0.476. The molecule has 2 heterocycles. The number of hydrogen-bond acceptors (Lipinski definition) is 3. The summed E-state index contributed by atoms with van der Waals surface area (Å²) in [6.45, 7) is 9.01. The highest BCUT2D eigenvalue weighted by Gasteiger charge is 2.33. The van der Waals surface area contributed by atoms with Gasteiger partial charge in [0.15, 0.2) is 5.76 Å². The number of aryl methyl sites for hydroxylation is 2. The van der Waals surface area contributed by atoms with Crippen molar-refractivity contribution < 1.29 is 9.21 Å². The third-order valence-electron chi connectivity index (χ3n) is 5.19. The Morgan fingerprint density at radius 3 is 2.50 bits per heavy atom. The number of hydrogen-bond donors (Lipinski definition) is 0. The Bertz CT molecular complexity index is 701. The second kappa shape index (κ2) is 9.24. The fourth-order valence-corrected chi connectivity index (χ4v) is 3.65. The van der Waals surface area contributed by atoms with Gasteiger partial charge in [-0.05, 0) is 51.8 Å². The van der Waals surface area contributed by atoms with E-state index in [0.717, 1.165) is 38.0 Å². The molecule has 0 aliphatic carbocycles. The first-order valence-electron chi connectivity index (χ1n) is 9.19. The molecule has 0 radical (unpaired) electrons. The molecule has 142 valence electrons. The molecule has 0 unspecified atom stereocenters. The van der Waals surface area contributed by atoms with Crippen LogP contribution in [0, 0.1) is 6.92 Å². The van der Waals surface area contributed by atoms with Gasteiger partial charge < -0.3 is 9.32 Å². The molecular weight excluding hydrogens is 348 g/mol. The average molecular weight is 377 g/mol. The molecule has 0 spiro atoms. The third kappa shape index (κ3) is 4.68. The van der Waals surface area contributed by atoms with Crippen molar-refractivity contribution in [2.24, 2.45) is 0 Å². The molecule has 1 aliphatic rings. The van der Waals surface area contributed by atoms with E-state index in [-0.39, 0.29) is 24.4 Å². The van der Waals surface area contributed by atoms with E-state index in [1.807, 2.05) is 17.9 Å². The van der Waals surface area contributed by atoms with Crippen LogP contribution in [0.1, 0.15) is 41.9 Å². The normalized spacial score (nSPS) is 20.7. The summed E-state index contributed by atoms with van der Waals surface area (Å²) in [5.41, 5.74) is 2.31. The second-order valence-corrected chi connectivity index (χ2v) is 7.17. The van der Waals surface area contributed by atoms with Crippen molar-refractivity contribution in [3.8, 4) is 0 Å². The Labute approximate surface area is 162 Å². The quantitative estimate of drug-likeness (QED) is 0.785. The van der Waals surface area contributed by atoms with E-state index in [9.17, 15) is 4.79 Å². The molecule has 4 nitrogen and oxygen atoms in total. The highest BCUT2D eigenvalue weighted by atomic mass is 35.5. The fourth-order valence-electron chi connectivity index (χ4n) is 3.65. The Balaban J connectivity index is 0.00000243. The van der Waals surface area contributed by atoms with Gasteiger partial charge in [-0.3, -0.25) is 9.69 Å². The number of halogens is 1.